The van der Waals surface area contributed by atoms with Crippen LogP contribution in [0.5, 0.6) is 0 Å². The smallest absolute Gasteiger partial charge is 0.238 e. The molecule has 4 heteroatoms. The molecule has 100 valence electrons. The fourth-order valence-electron chi connectivity index (χ4n) is 1.85. The highest BCUT2D eigenvalue weighted by Crippen LogP contribution is 2.20. The molecule has 0 heterocycles. The van der Waals surface area contributed by atoms with Crippen LogP contribution in [-0.2, 0) is 4.79 Å². The van der Waals surface area contributed by atoms with Gasteiger partial charge in [-0.05, 0) is 44.1 Å². The molecule has 1 aromatic rings. The van der Waals surface area contributed by atoms with Crippen LogP contribution in [0.3, 0.4) is 0 Å². The number of nitrogen functional groups attached to an aromatic ring is 1. The number of nitrogens with zero attached hydrogens (tertiary/aromatic N) is 1. The lowest BCUT2D eigenvalue weighted by Crippen LogP contribution is -2.33. The second-order valence-electron chi connectivity index (χ2n) is 4.44. The number of amides is 1. The van der Waals surface area contributed by atoms with Gasteiger partial charge in [0.15, 0.2) is 0 Å². The number of benzene rings is 1. The van der Waals surface area contributed by atoms with Crippen molar-refractivity contribution in [3.05, 3.63) is 23.8 Å². The number of rotatable bonds is 6. The van der Waals surface area contributed by atoms with Crippen molar-refractivity contribution in [1.29, 1.82) is 0 Å². The molecule has 1 rings (SSSR count). The van der Waals surface area contributed by atoms with Crippen LogP contribution in [0, 0.1) is 6.92 Å². The molecule has 0 saturated heterocycles. The molecule has 0 spiro atoms. The van der Waals surface area contributed by atoms with Crippen molar-refractivity contribution in [2.24, 2.45) is 0 Å². The van der Waals surface area contributed by atoms with Gasteiger partial charge in [-0.15, -0.1) is 0 Å². The van der Waals surface area contributed by atoms with Gasteiger partial charge in [-0.2, -0.15) is 0 Å². The first-order valence-electron chi connectivity index (χ1n) is 6.45. The van der Waals surface area contributed by atoms with Gasteiger partial charge in [-0.25, -0.2) is 0 Å². The van der Waals surface area contributed by atoms with E-state index in [9.17, 15) is 4.79 Å². The molecule has 0 atom stereocenters. The van der Waals surface area contributed by atoms with Crippen molar-refractivity contribution < 1.29 is 4.79 Å². The van der Waals surface area contributed by atoms with E-state index in [4.69, 9.17) is 5.73 Å². The summed E-state index contributed by atoms with van der Waals surface area (Å²) in [5.74, 6) is 0.0130. The third-order valence-electron chi connectivity index (χ3n) is 3.00. The van der Waals surface area contributed by atoms with Gasteiger partial charge < -0.3 is 11.1 Å². The summed E-state index contributed by atoms with van der Waals surface area (Å²) >= 11 is 0. The summed E-state index contributed by atoms with van der Waals surface area (Å²) in [6, 6.07) is 5.56. The molecule has 18 heavy (non-hydrogen) atoms. The molecule has 0 bridgehead atoms. The number of nitrogens with two attached hydrogens (primary N) is 1. The Balaban J connectivity index is 2.61. The van der Waals surface area contributed by atoms with Crippen LogP contribution in [0.4, 0.5) is 11.4 Å². The maximum absolute atomic E-state index is 11.9. The van der Waals surface area contributed by atoms with E-state index in [2.05, 4.69) is 24.1 Å². The average molecular weight is 249 g/mol. The normalized spacial score (nSPS) is 10.7. The quantitative estimate of drug-likeness (QED) is 0.760. The van der Waals surface area contributed by atoms with Gasteiger partial charge >= 0.3 is 0 Å². The zero-order chi connectivity index (χ0) is 13.5. The van der Waals surface area contributed by atoms with Crippen molar-refractivity contribution in [3.8, 4) is 0 Å². The Morgan fingerprint density at radius 3 is 2.72 bits per heavy atom. The average Bonchev–Trinajstić information content (AvgIpc) is 2.34. The second-order valence-corrected chi connectivity index (χ2v) is 4.44. The molecular formula is C14H23N3O. The molecule has 1 amide bonds. The Hall–Kier alpha value is -1.55. The van der Waals surface area contributed by atoms with Crippen molar-refractivity contribution in [2.45, 2.75) is 27.2 Å². The zero-order valence-electron chi connectivity index (χ0n) is 11.5. The minimum Gasteiger partial charge on any atom is -0.398 e. The van der Waals surface area contributed by atoms with Crippen LogP contribution in [0.1, 0.15) is 25.8 Å². The largest absolute Gasteiger partial charge is 0.398 e. The summed E-state index contributed by atoms with van der Waals surface area (Å²) in [5.41, 5.74) is 8.23. The first-order chi connectivity index (χ1) is 8.58. The van der Waals surface area contributed by atoms with E-state index >= 15 is 0 Å². The van der Waals surface area contributed by atoms with E-state index in [1.54, 1.807) is 0 Å². The molecule has 0 aliphatic carbocycles. The monoisotopic (exact) mass is 249 g/mol. The van der Waals surface area contributed by atoms with Crippen molar-refractivity contribution in [1.82, 2.24) is 4.90 Å². The molecule has 0 unspecified atom stereocenters. The molecule has 0 fully saturated rings. The lowest BCUT2D eigenvalue weighted by molar-refractivity contribution is -0.117. The molecule has 3 N–H and O–H groups in total. The third-order valence-corrected chi connectivity index (χ3v) is 3.00. The number of carbonyl (C=O) groups is 1. The number of hydrogen-bond donors (Lipinski definition) is 2. The van der Waals surface area contributed by atoms with Crippen molar-refractivity contribution in [3.63, 3.8) is 0 Å². The summed E-state index contributed by atoms with van der Waals surface area (Å²) in [7, 11) is 0. The second kappa shape index (κ2) is 7.01. The zero-order valence-corrected chi connectivity index (χ0v) is 11.5. The fourth-order valence-corrected chi connectivity index (χ4v) is 1.85. The van der Waals surface area contributed by atoms with Gasteiger partial charge in [0.25, 0.3) is 0 Å². The Morgan fingerprint density at radius 1 is 1.39 bits per heavy atom. The van der Waals surface area contributed by atoms with E-state index in [1.807, 2.05) is 25.1 Å². The highest BCUT2D eigenvalue weighted by Gasteiger charge is 2.10. The van der Waals surface area contributed by atoms with Gasteiger partial charge in [-0.1, -0.05) is 19.9 Å². The summed E-state index contributed by atoms with van der Waals surface area (Å²) in [4.78, 5) is 14.0. The van der Waals surface area contributed by atoms with Gasteiger partial charge in [0, 0.05) is 11.4 Å². The van der Waals surface area contributed by atoms with Crippen LogP contribution in [0.2, 0.25) is 0 Å². The van der Waals surface area contributed by atoms with Crippen molar-refractivity contribution >= 4 is 17.3 Å². The molecule has 0 aliphatic heterocycles. The highest BCUT2D eigenvalue weighted by atomic mass is 16.2. The highest BCUT2D eigenvalue weighted by molar-refractivity contribution is 5.93. The summed E-state index contributed by atoms with van der Waals surface area (Å²) < 4.78 is 0. The maximum atomic E-state index is 11.9. The van der Waals surface area contributed by atoms with Crippen LogP contribution in [-0.4, -0.2) is 30.4 Å². The van der Waals surface area contributed by atoms with Gasteiger partial charge in [0.2, 0.25) is 5.91 Å². The Morgan fingerprint density at radius 2 is 2.11 bits per heavy atom. The minimum atomic E-state index is 0.0130. The number of anilines is 2. The Labute approximate surface area is 109 Å². The summed E-state index contributed by atoms with van der Waals surface area (Å²) in [5, 5.41) is 2.91. The Kier molecular flexibility index (Phi) is 5.65. The molecule has 0 aromatic heterocycles. The van der Waals surface area contributed by atoms with Gasteiger partial charge in [0.05, 0.1) is 6.54 Å². The van der Waals surface area contributed by atoms with Crippen LogP contribution < -0.4 is 11.1 Å². The lowest BCUT2D eigenvalue weighted by Gasteiger charge is -2.19. The third kappa shape index (κ3) is 4.04. The topological polar surface area (TPSA) is 58.4 Å². The number of nitrogens with one attached hydrogen (secondary N) is 1. The van der Waals surface area contributed by atoms with E-state index in [0.29, 0.717) is 12.2 Å². The number of hydrogen-bond acceptors (Lipinski definition) is 3. The summed E-state index contributed by atoms with van der Waals surface area (Å²) in [6.07, 6.45) is 1.05. The fraction of sp³-hybridized carbons (Fsp3) is 0.500. The van der Waals surface area contributed by atoms with Gasteiger partial charge in [-0.3, -0.25) is 9.69 Å². The molecule has 4 nitrogen and oxygen atoms in total. The van der Waals surface area contributed by atoms with E-state index in [0.717, 1.165) is 30.8 Å². The van der Waals surface area contributed by atoms with E-state index in [-0.39, 0.29) is 5.91 Å². The molecule has 0 aliphatic rings. The molecule has 1 aromatic carbocycles. The maximum Gasteiger partial charge on any atom is 0.238 e. The lowest BCUT2D eigenvalue weighted by atomic mass is 10.1. The first kappa shape index (κ1) is 14.5. The number of carbonyl (C=O) groups excluding carboxylic acids is 1. The predicted molar refractivity (Wildman–Crippen MR) is 76.6 cm³/mol. The van der Waals surface area contributed by atoms with E-state index < -0.39 is 0 Å². The molecule has 0 radical (unpaired) electrons. The van der Waals surface area contributed by atoms with Crippen LogP contribution >= 0.6 is 0 Å². The van der Waals surface area contributed by atoms with Crippen LogP contribution in [0.25, 0.3) is 0 Å². The van der Waals surface area contributed by atoms with Crippen LogP contribution in [0.15, 0.2) is 18.2 Å². The number of likely N-dealkylation sites (N-methyl/N-ethyl adjacent to an activating group) is 1. The Bertz CT molecular complexity index is 404. The van der Waals surface area contributed by atoms with Gasteiger partial charge in [0.1, 0.15) is 0 Å². The molecule has 0 saturated carbocycles. The van der Waals surface area contributed by atoms with Crippen molar-refractivity contribution in [2.75, 3.05) is 30.7 Å². The minimum absolute atomic E-state index is 0.0130. The predicted octanol–water partition coefficient (Wildman–Crippen LogP) is 2.25. The van der Waals surface area contributed by atoms with E-state index in [1.165, 1.54) is 0 Å². The summed E-state index contributed by atoms with van der Waals surface area (Å²) in [6.45, 7) is 8.35. The molecular weight excluding hydrogens is 226 g/mol. The first-order valence-corrected chi connectivity index (χ1v) is 6.45. The standard InChI is InChI=1S/C14H23N3O/c1-4-9-17(5-2)10-14(18)16-13-8-6-7-12(15)11(13)3/h6-8H,4-5,9-10,15H2,1-3H3,(H,16,18). The SMILES string of the molecule is CCCN(CC)CC(=O)Nc1cccc(N)c1C.